The SMILES string of the molecule is COC(=O)CCN1CCC(N2CCN(C(=O)[C@H](C)Cc3cc(Br)c(O)c(Br)c3)CC2)CC1. The van der Waals surface area contributed by atoms with Crippen LogP contribution in [0.1, 0.15) is 31.7 Å². The molecule has 1 amide bonds. The molecule has 0 radical (unpaired) electrons. The predicted octanol–water partition coefficient (Wildman–Crippen LogP) is 3.27. The summed E-state index contributed by atoms with van der Waals surface area (Å²) in [6, 6.07) is 4.31. The second kappa shape index (κ2) is 11.8. The summed E-state index contributed by atoms with van der Waals surface area (Å²) >= 11 is 6.72. The lowest BCUT2D eigenvalue weighted by Gasteiger charge is -2.43. The summed E-state index contributed by atoms with van der Waals surface area (Å²) in [4.78, 5) is 31.2. The molecule has 2 saturated heterocycles. The van der Waals surface area contributed by atoms with Crippen LogP contribution in [-0.4, -0.2) is 90.6 Å². The molecule has 9 heteroatoms. The lowest BCUT2D eigenvalue weighted by molar-refractivity contribution is -0.141. The minimum atomic E-state index is -0.146. The molecule has 32 heavy (non-hydrogen) atoms. The van der Waals surface area contributed by atoms with Crippen LogP contribution in [0.2, 0.25) is 0 Å². The zero-order chi connectivity index (χ0) is 23.3. The fourth-order valence-corrected chi connectivity index (χ4v) is 5.94. The third-order valence-electron chi connectivity index (χ3n) is 6.60. The van der Waals surface area contributed by atoms with E-state index >= 15 is 0 Å². The van der Waals surface area contributed by atoms with E-state index in [0.29, 0.717) is 27.8 Å². The standard InChI is InChI=1S/C23H33Br2N3O4/c1-16(13-17-14-19(24)22(30)20(25)15-17)23(31)28-11-9-27(10-12-28)18-3-6-26(7-4-18)8-5-21(29)32-2/h14-16,18,30H,3-13H2,1-2H3/t16-/m1/s1. The maximum Gasteiger partial charge on any atom is 0.306 e. The molecule has 1 aromatic carbocycles. The van der Waals surface area contributed by atoms with Crippen LogP contribution >= 0.6 is 31.9 Å². The number of likely N-dealkylation sites (tertiary alicyclic amines) is 1. The number of phenolic OH excluding ortho intramolecular Hbond substituents is 1. The molecule has 0 aromatic heterocycles. The number of nitrogens with zero attached hydrogens (tertiary/aromatic N) is 3. The molecule has 1 aromatic rings. The number of carbonyl (C=O) groups excluding carboxylic acids is 2. The van der Waals surface area contributed by atoms with Crippen molar-refractivity contribution in [2.24, 2.45) is 5.92 Å². The number of hydrogen-bond donors (Lipinski definition) is 1. The summed E-state index contributed by atoms with van der Waals surface area (Å²) in [5.74, 6) is 0.122. The van der Waals surface area contributed by atoms with Crippen molar-refractivity contribution in [2.75, 3.05) is 52.9 Å². The first-order chi connectivity index (χ1) is 15.3. The van der Waals surface area contributed by atoms with Gasteiger partial charge in [0, 0.05) is 44.7 Å². The molecule has 2 aliphatic heterocycles. The number of phenols is 1. The zero-order valence-electron chi connectivity index (χ0n) is 18.9. The smallest absolute Gasteiger partial charge is 0.306 e. The largest absolute Gasteiger partial charge is 0.506 e. The summed E-state index contributed by atoms with van der Waals surface area (Å²) in [5, 5.41) is 9.89. The maximum atomic E-state index is 13.0. The third kappa shape index (κ3) is 6.68. The predicted molar refractivity (Wildman–Crippen MR) is 131 cm³/mol. The first-order valence-corrected chi connectivity index (χ1v) is 12.9. The highest BCUT2D eigenvalue weighted by Crippen LogP contribution is 2.34. The van der Waals surface area contributed by atoms with E-state index in [1.54, 1.807) is 0 Å². The van der Waals surface area contributed by atoms with Gasteiger partial charge in [0.15, 0.2) is 0 Å². The average Bonchev–Trinajstić information content (AvgIpc) is 2.80. The van der Waals surface area contributed by atoms with Crippen LogP contribution in [0.4, 0.5) is 0 Å². The van der Waals surface area contributed by atoms with Gasteiger partial charge >= 0.3 is 5.97 Å². The Morgan fingerprint density at radius 1 is 1.09 bits per heavy atom. The van der Waals surface area contributed by atoms with Crippen LogP contribution in [0, 0.1) is 5.92 Å². The number of piperidine rings is 1. The number of piperazine rings is 1. The highest BCUT2D eigenvalue weighted by Gasteiger charge is 2.30. The van der Waals surface area contributed by atoms with Gasteiger partial charge in [-0.15, -0.1) is 0 Å². The van der Waals surface area contributed by atoms with Crippen LogP contribution in [0.25, 0.3) is 0 Å². The Morgan fingerprint density at radius 2 is 1.69 bits per heavy atom. The Bertz CT molecular complexity index is 783. The van der Waals surface area contributed by atoms with Gasteiger partial charge in [0.1, 0.15) is 5.75 Å². The van der Waals surface area contributed by atoms with E-state index in [4.69, 9.17) is 4.74 Å². The van der Waals surface area contributed by atoms with Crippen molar-refractivity contribution in [1.82, 2.24) is 14.7 Å². The number of halogens is 2. The molecular weight excluding hydrogens is 542 g/mol. The van der Waals surface area contributed by atoms with E-state index in [9.17, 15) is 14.7 Å². The summed E-state index contributed by atoms with van der Waals surface area (Å²) in [7, 11) is 1.44. The van der Waals surface area contributed by atoms with Gasteiger partial charge in [0.25, 0.3) is 0 Å². The van der Waals surface area contributed by atoms with E-state index in [1.165, 1.54) is 7.11 Å². The topological polar surface area (TPSA) is 73.3 Å². The van der Waals surface area contributed by atoms with Crippen molar-refractivity contribution in [3.8, 4) is 5.75 Å². The van der Waals surface area contributed by atoms with Crippen molar-refractivity contribution >= 4 is 43.7 Å². The summed E-state index contributed by atoms with van der Waals surface area (Å²) in [5.41, 5.74) is 1.01. The molecule has 3 rings (SSSR count). The number of methoxy groups -OCH3 is 1. The average molecular weight is 575 g/mol. The van der Waals surface area contributed by atoms with Crippen LogP contribution < -0.4 is 0 Å². The van der Waals surface area contributed by atoms with Gasteiger partial charge in [0.05, 0.1) is 22.5 Å². The van der Waals surface area contributed by atoms with Crippen LogP contribution in [0.5, 0.6) is 5.75 Å². The molecule has 0 saturated carbocycles. The minimum absolute atomic E-state index is 0.108. The Kier molecular flexibility index (Phi) is 9.40. The number of aromatic hydroxyl groups is 1. The van der Waals surface area contributed by atoms with Gasteiger partial charge in [-0.1, -0.05) is 6.92 Å². The molecule has 2 fully saturated rings. The Balaban J connectivity index is 1.42. The molecule has 0 spiro atoms. The first-order valence-electron chi connectivity index (χ1n) is 11.3. The van der Waals surface area contributed by atoms with Crippen molar-refractivity contribution in [1.29, 1.82) is 0 Å². The van der Waals surface area contributed by atoms with E-state index in [1.807, 2.05) is 24.0 Å². The van der Waals surface area contributed by atoms with E-state index in [0.717, 1.165) is 64.2 Å². The number of hydrogen-bond acceptors (Lipinski definition) is 6. The first kappa shape index (κ1) is 25.5. The van der Waals surface area contributed by atoms with Gasteiger partial charge in [-0.2, -0.15) is 0 Å². The van der Waals surface area contributed by atoms with Gasteiger partial charge in [-0.3, -0.25) is 14.5 Å². The van der Waals surface area contributed by atoms with Crippen LogP contribution in [0.15, 0.2) is 21.1 Å². The molecule has 0 aliphatic carbocycles. The van der Waals surface area contributed by atoms with Crippen molar-refractivity contribution in [3.05, 3.63) is 26.6 Å². The summed E-state index contributed by atoms with van der Waals surface area (Å²) in [6.45, 7) is 8.15. The molecule has 178 valence electrons. The minimum Gasteiger partial charge on any atom is -0.506 e. The van der Waals surface area contributed by atoms with Crippen molar-refractivity contribution in [2.45, 2.75) is 38.6 Å². The molecule has 1 N–H and O–H groups in total. The molecule has 0 bridgehead atoms. The lowest BCUT2D eigenvalue weighted by Crippen LogP contribution is -2.55. The highest BCUT2D eigenvalue weighted by atomic mass is 79.9. The number of carbonyl (C=O) groups is 2. The number of benzene rings is 1. The van der Waals surface area contributed by atoms with Crippen molar-refractivity contribution in [3.63, 3.8) is 0 Å². The van der Waals surface area contributed by atoms with Crippen molar-refractivity contribution < 1.29 is 19.4 Å². The van der Waals surface area contributed by atoms with Gasteiger partial charge in [-0.25, -0.2) is 0 Å². The van der Waals surface area contributed by atoms with Gasteiger partial charge in [0.2, 0.25) is 5.91 Å². The number of ether oxygens (including phenoxy) is 1. The van der Waals surface area contributed by atoms with Gasteiger partial charge in [-0.05, 0) is 81.9 Å². The summed E-state index contributed by atoms with van der Waals surface area (Å²) in [6.07, 6.45) is 3.31. The fourth-order valence-electron chi connectivity index (χ4n) is 4.66. The Morgan fingerprint density at radius 3 is 2.25 bits per heavy atom. The fraction of sp³-hybridized carbons (Fsp3) is 0.652. The zero-order valence-corrected chi connectivity index (χ0v) is 22.0. The van der Waals surface area contributed by atoms with E-state index < -0.39 is 0 Å². The van der Waals surface area contributed by atoms with Gasteiger partial charge < -0.3 is 19.6 Å². The lowest BCUT2D eigenvalue weighted by atomic mass is 9.98. The Hall–Kier alpha value is -1.16. The number of amides is 1. The highest BCUT2D eigenvalue weighted by molar-refractivity contribution is 9.11. The maximum absolute atomic E-state index is 13.0. The molecule has 7 nitrogen and oxygen atoms in total. The summed E-state index contributed by atoms with van der Waals surface area (Å²) < 4.78 is 5.99. The number of esters is 1. The van der Waals surface area contributed by atoms with E-state index in [2.05, 4.69) is 41.7 Å². The molecule has 2 heterocycles. The second-order valence-electron chi connectivity index (χ2n) is 8.77. The van der Waals surface area contributed by atoms with E-state index in [-0.39, 0.29) is 23.5 Å². The Labute approximate surface area is 207 Å². The normalized spacial score (nSPS) is 19.7. The monoisotopic (exact) mass is 573 g/mol. The molecule has 1 atom stereocenters. The quantitative estimate of drug-likeness (QED) is 0.504. The molecular formula is C23H33Br2N3O4. The number of rotatable bonds is 7. The second-order valence-corrected chi connectivity index (χ2v) is 10.5. The molecule has 0 unspecified atom stereocenters. The third-order valence-corrected chi connectivity index (χ3v) is 7.81. The van der Waals surface area contributed by atoms with Crippen LogP contribution in [0.3, 0.4) is 0 Å². The molecule has 2 aliphatic rings. The van der Waals surface area contributed by atoms with Crippen LogP contribution in [-0.2, 0) is 20.7 Å².